The molecule has 0 N–H and O–H groups in total. The predicted octanol–water partition coefficient (Wildman–Crippen LogP) is 2.62. The molecule has 0 amide bonds. The van der Waals surface area contributed by atoms with Crippen LogP contribution in [0.2, 0.25) is 5.28 Å². The first-order chi connectivity index (χ1) is 5.97. The van der Waals surface area contributed by atoms with Gasteiger partial charge in [-0.25, -0.2) is 9.97 Å². The van der Waals surface area contributed by atoms with Crippen molar-refractivity contribution in [3.63, 3.8) is 0 Å². The molecule has 0 aliphatic rings. The van der Waals surface area contributed by atoms with Gasteiger partial charge in [-0.2, -0.15) is 13.2 Å². The van der Waals surface area contributed by atoms with E-state index in [-0.39, 0.29) is 11.7 Å². The first-order valence-corrected chi connectivity index (χ1v) is 3.88. The quantitative estimate of drug-likeness (QED) is 0.702. The SMILES string of the molecule is FC(F)(F)CCc1cnc(Cl)nc1. The molecule has 1 aromatic rings. The van der Waals surface area contributed by atoms with Crippen molar-refractivity contribution < 1.29 is 13.2 Å². The maximum absolute atomic E-state index is 11.8. The van der Waals surface area contributed by atoms with Gasteiger partial charge >= 0.3 is 6.18 Å². The monoisotopic (exact) mass is 210 g/mol. The van der Waals surface area contributed by atoms with Crippen LogP contribution in [0.5, 0.6) is 0 Å². The predicted molar refractivity (Wildman–Crippen MR) is 41.4 cm³/mol. The largest absolute Gasteiger partial charge is 0.389 e. The third-order valence-electron chi connectivity index (χ3n) is 1.37. The molecular weight excluding hydrogens is 205 g/mol. The molecule has 1 aromatic heterocycles. The number of hydrogen-bond donors (Lipinski definition) is 0. The normalized spacial score (nSPS) is 11.7. The Kier molecular flexibility index (Phi) is 3.08. The van der Waals surface area contributed by atoms with Crippen LogP contribution in [0, 0.1) is 0 Å². The zero-order valence-corrected chi connectivity index (χ0v) is 7.23. The summed E-state index contributed by atoms with van der Waals surface area (Å²) in [5, 5.41) is 0.0377. The average Bonchev–Trinajstić information content (AvgIpc) is 2.02. The lowest BCUT2D eigenvalue weighted by molar-refractivity contribution is -0.134. The summed E-state index contributed by atoms with van der Waals surface area (Å²) in [5.41, 5.74) is 0.432. The third kappa shape index (κ3) is 4.07. The molecule has 0 spiro atoms. The molecule has 13 heavy (non-hydrogen) atoms. The van der Waals surface area contributed by atoms with Crippen LogP contribution in [0.4, 0.5) is 13.2 Å². The van der Waals surface area contributed by atoms with E-state index >= 15 is 0 Å². The third-order valence-corrected chi connectivity index (χ3v) is 1.57. The van der Waals surface area contributed by atoms with Gasteiger partial charge in [0.15, 0.2) is 0 Å². The minimum Gasteiger partial charge on any atom is -0.226 e. The smallest absolute Gasteiger partial charge is 0.226 e. The van der Waals surface area contributed by atoms with Crippen molar-refractivity contribution in [3.8, 4) is 0 Å². The van der Waals surface area contributed by atoms with Crippen LogP contribution in [0.25, 0.3) is 0 Å². The highest BCUT2D eigenvalue weighted by molar-refractivity contribution is 6.28. The molecular formula is C7H6ClF3N2. The number of hydrogen-bond acceptors (Lipinski definition) is 2. The molecule has 0 atom stereocenters. The number of rotatable bonds is 2. The van der Waals surface area contributed by atoms with Crippen LogP contribution in [0.3, 0.4) is 0 Å². The van der Waals surface area contributed by atoms with Crippen molar-refractivity contribution >= 4 is 11.6 Å². The van der Waals surface area contributed by atoms with Crippen LogP contribution < -0.4 is 0 Å². The molecule has 0 aliphatic carbocycles. The fraction of sp³-hybridized carbons (Fsp3) is 0.429. The van der Waals surface area contributed by atoms with Crippen molar-refractivity contribution in [3.05, 3.63) is 23.2 Å². The molecule has 0 bridgehead atoms. The summed E-state index contributed by atoms with van der Waals surface area (Å²) < 4.78 is 35.3. The highest BCUT2D eigenvalue weighted by Gasteiger charge is 2.26. The molecule has 0 fully saturated rings. The second-order valence-corrected chi connectivity index (χ2v) is 2.81. The second kappa shape index (κ2) is 3.91. The Labute approximate surface area is 77.8 Å². The molecule has 2 nitrogen and oxygen atoms in total. The number of alkyl halides is 3. The fourth-order valence-electron chi connectivity index (χ4n) is 0.754. The summed E-state index contributed by atoms with van der Waals surface area (Å²) in [7, 11) is 0. The lowest BCUT2D eigenvalue weighted by Gasteiger charge is -2.04. The van der Waals surface area contributed by atoms with E-state index in [1.165, 1.54) is 12.4 Å². The van der Waals surface area contributed by atoms with E-state index in [1.54, 1.807) is 0 Å². The van der Waals surface area contributed by atoms with Crippen molar-refractivity contribution in [2.45, 2.75) is 19.0 Å². The summed E-state index contributed by atoms with van der Waals surface area (Å²) in [6.45, 7) is 0. The first-order valence-electron chi connectivity index (χ1n) is 3.50. The van der Waals surface area contributed by atoms with Crippen molar-refractivity contribution in [1.82, 2.24) is 9.97 Å². The Morgan fingerprint density at radius 3 is 2.23 bits per heavy atom. The summed E-state index contributed by atoms with van der Waals surface area (Å²) >= 11 is 5.36. The van der Waals surface area contributed by atoms with Gasteiger partial charge in [0.05, 0.1) is 0 Å². The van der Waals surface area contributed by atoms with E-state index in [0.29, 0.717) is 5.56 Å². The van der Waals surface area contributed by atoms with Crippen molar-refractivity contribution in [2.75, 3.05) is 0 Å². The van der Waals surface area contributed by atoms with Gasteiger partial charge in [-0.1, -0.05) is 0 Å². The zero-order chi connectivity index (χ0) is 9.90. The van der Waals surface area contributed by atoms with Crippen LogP contribution in [-0.2, 0) is 6.42 Å². The summed E-state index contributed by atoms with van der Waals surface area (Å²) in [4.78, 5) is 7.13. The number of nitrogens with zero attached hydrogens (tertiary/aromatic N) is 2. The highest BCUT2D eigenvalue weighted by Crippen LogP contribution is 2.21. The van der Waals surface area contributed by atoms with Gasteiger partial charge in [0.2, 0.25) is 5.28 Å². The minimum absolute atomic E-state index is 0.0377. The Morgan fingerprint density at radius 1 is 1.23 bits per heavy atom. The van der Waals surface area contributed by atoms with Gasteiger partial charge in [0.1, 0.15) is 0 Å². The average molecular weight is 211 g/mol. The molecule has 0 aliphatic heterocycles. The van der Waals surface area contributed by atoms with E-state index < -0.39 is 12.6 Å². The highest BCUT2D eigenvalue weighted by atomic mass is 35.5. The number of aryl methyl sites for hydroxylation is 1. The molecule has 6 heteroatoms. The molecule has 0 unspecified atom stereocenters. The Bertz CT molecular complexity index is 270. The van der Waals surface area contributed by atoms with E-state index in [2.05, 4.69) is 9.97 Å². The van der Waals surface area contributed by atoms with Gasteiger partial charge in [-0.05, 0) is 23.6 Å². The molecule has 1 rings (SSSR count). The van der Waals surface area contributed by atoms with E-state index in [9.17, 15) is 13.2 Å². The lowest BCUT2D eigenvalue weighted by atomic mass is 10.2. The van der Waals surface area contributed by atoms with Gasteiger partial charge < -0.3 is 0 Å². The molecule has 1 heterocycles. The van der Waals surface area contributed by atoms with Crippen LogP contribution in [0.1, 0.15) is 12.0 Å². The van der Waals surface area contributed by atoms with Gasteiger partial charge in [0, 0.05) is 18.8 Å². The Balaban J connectivity index is 2.51. The van der Waals surface area contributed by atoms with Crippen LogP contribution >= 0.6 is 11.6 Å². The van der Waals surface area contributed by atoms with Crippen LogP contribution in [-0.4, -0.2) is 16.1 Å². The fourth-order valence-corrected chi connectivity index (χ4v) is 0.852. The second-order valence-electron chi connectivity index (χ2n) is 2.48. The number of halogens is 4. The standard InChI is InChI=1S/C7H6ClF3N2/c8-6-12-3-5(4-13-6)1-2-7(9,10)11/h3-4H,1-2H2. The van der Waals surface area contributed by atoms with E-state index in [1.807, 2.05) is 0 Å². The van der Waals surface area contributed by atoms with Crippen molar-refractivity contribution in [2.24, 2.45) is 0 Å². The molecule has 0 radical (unpaired) electrons. The lowest BCUT2D eigenvalue weighted by Crippen LogP contribution is -2.08. The van der Waals surface area contributed by atoms with E-state index in [4.69, 9.17) is 11.6 Å². The van der Waals surface area contributed by atoms with Gasteiger partial charge in [-0.3, -0.25) is 0 Å². The molecule has 0 aromatic carbocycles. The van der Waals surface area contributed by atoms with Crippen LogP contribution in [0.15, 0.2) is 12.4 Å². The molecule has 0 saturated heterocycles. The van der Waals surface area contributed by atoms with Crippen molar-refractivity contribution in [1.29, 1.82) is 0 Å². The summed E-state index contributed by atoms with van der Waals surface area (Å²) in [6, 6.07) is 0. The van der Waals surface area contributed by atoms with Gasteiger partial charge in [0.25, 0.3) is 0 Å². The van der Waals surface area contributed by atoms with Gasteiger partial charge in [-0.15, -0.1) is 0 Å². The molecule has 0 saturated carbocycles. The Hall–Kier alpha value is -0.840. The minimum atomic E-state index is -4.14. The summed E-state index contributed by atoms with van der Waals surface area (Å²) in [5.74, 6) is 0. The molecule has 72 valence electrons. The number of aromatic nitrogens is 2. The summed E-state index contributed by atoms with van der Waals surface area (Å²) in [6.07, 6.45) is -2.53. The first kappa shape index (κ1) is 10.2. The maximum Gasteiger partial charge on any atom is 0.389 e. The topological polar surface area (TPSA) is 25.8 Å². The Morgan fingerprint density at radius 2 is 1.77 bits per heavy atom. The zero-order valence-electron chi connectivity index (χ0n) is 6.48. The van der Waals surface area contributed by atoms with E-state index in [0.717, 1.165) is 0 Å². The maximum atomic E-state index is 11.8.